The van der Waals surface area contributed by atoms with E-state index in [2.05, 4.69) is 19.9 Å². The predicted octanol–water partition coefficient (Wildman–Crippen LogP) is 5.57. The summed E-state index contributed by atoms with van der Waals surface area (Å²) in [7, 11) is 3.28. The molecule has 5 atom stereocenters. The van der Waals surface area contributed by atoms with Gasteiger partial charge in [-0.2, -0.15) is 0 Å². The molecular weight excluding hydrogens is 400 g/mol. The molecule has 0 N–H and O–H groups in total. The molecule has 3 fully saturated rings. The van der Waals surface area contributed by atoms with Gasteiger partial charge in [0.25, 0.3) is 0 Å². The van der Waals surface area contributed by atoms with Crippen molar-refractivity contribution < 1.29 is 19.1 Å². The van der Waals surface area contributed by atoms with Gasteiger partial charge < -0.3 is 9.47 Å². The minimum atomic E-state index is -0.293. The first-order chi connectivity index (χ1) is 15.3. The third-order valence-electron chi connectivity index (χ3n) is 8.97. The topological polar surface area (TPSA) is 52.6 Å². The van der Waals surface area contributed by atoms with Crippen LogP contribution in [0, 0.1) is 28.6 Å². The largest absolute Gasteiger partial charge is 0.497 e. The van der Waals surface area contributed by atoms with Crippen LogP contribution in [-0.2, 0) is 9.59 Å². The smallest absolute Gasteiger partial charge is 0.178 e. The average Bonchev–Trinajstić information content (AvgIpc) is 3.05. The van der Waals surface area contributed by atoms with E-state index in [4.69, 9.17) is 9.47 Å². The van der Waals surface area contributed by atoms with E-state index < -0.39 is 0 Å². The van der Waals surface area contributed by atoms with Crippen LogP contribution in [0.5, 0.6) is 11.5 Å². The lowest BCUT2D eigenvalue weighted by Crippen LogP contribution is -2.49. The minimum absolute atomic E-state index is 0.0487. The Morgan fingerprint density at radius 2 is 1.88 bits per heavy atom. The highest BCUT2D eigenvalue weighted by atomic mass is 16.5. The van der Waals surface area contributed by atoms with Gasteiger partial charge in [-0.15, -0.1) is 0 Å². The van der Waals surface area contributed by atoms with Crippen LogP contribution in [0.2, 0.25) is 0 Å². The number of Topliss-reactive ketones (excluding diaryl/α,β-unsaturated/α-hetero) is 1. The normalized spacial score (nSPS) is 36.9. The van der Waals surface area contributed by atoms with E-state index >= 15 is 0 Å². The van der Waals surface area contributed by atoms with Crippen molar-refractivity contribution in [3.63, 3.8) is 0 Å². The first kappa shape index (κ1) is 21.2. The highest BCUT2D eigenvalue weighted by Gasteiger charge is 2.59. The third kappa shape index (κ3) is 3.02. The summed E-state index contributed by atoms with van der Waals surface area (Å²) in [6.45, 7) is 4.49. The predicted molar refractivity (Wildman–Crippen MR) is 125 cm³/mol. The van der Waals surface area contributed by atoms with Crippen LogP contribution in [0.1, 0.15) is 51.5 Å². The Balaban J connectivity index is 1.48. The lowest BCUT2D eigenvalue weighted by atomic mass is 9.48. The summed E-state index contributed by atoms with van der Waals surface area (Å²) in [6, 6.07) is 5.74. The van der Waals surface area contributed by atoms with E-state index in [1.165, 1.54) is 5.57 Å². The zero-order valence-electron chi connectivity index (χ0n) is 19.4. The number of methoxy groups -OCH3 is 2. The zero-order valence-corrected chi connectivity index (χ0v) is 19.4. The van der Waals surface area contributed by atoms with Gasteiger partial charge in [0.1, 0.15) is 11.5 Å². The molecule has 0 amide bonds. The Kier molecular flexibility index (Phi) is 4.96. The van der Waals surface area contributed by atoms with Gasteiger partial charge in [-0.1, -0.05) is 25.5 Å². The molecule has 4 nitrogen and oxygen atoms in total. The van der Waals surface area contributed by atoms with Crippen molar-refractivity contribution in [3.05, 3.63) is 53.1 Å². The number of ether oxygens (including phenoxy) is 2. The summed E-state index contributed by atoms with van der Waals surface area (Å²) in [5, 5.41) is 0. The van der Waals surface area contributed by atoms with Gasteiger partial charge in [0.2, 0.25) is 0 Å². The third-order valence-corrected chi connectivity index (χ3v) is 8.97. The van der Waals surface area contributed by atoms with Gasteiger partial charge in [0, 0.05) is 22.5 Å². The van der Waals surface area contributed by atoms with Crippen LogP contribution in [0.3, 0.4) is 0 Å². The van der Waals surface area contributed by atoms with Crippen LogP contribution >= 0.6 is 0 Å². The molecule has 168 valence electrons. The molecule has 0 saturated heterocycles. The Hall–Kier alpha value is -2.62. The monoisotopic (exact) mass is 432 g/mol. The summed E-state index contributed by atoms with van der Waals surface area (Å²) < 4.78 is 10.9. The van der Waals surface area contributed by atoms with Crippen LogP contribution < -0.4 is 9.47 Å². The van der Waals surface area contributed by atoms with Gasteiger partial charge >= 0.3 is 0 Å². The Morgan fingerprint density at radius 1 is 1.06 bits per heavy atom. The van der Waals surface area contributed by atoms with Crippen molar-refractivity contribution in [2.45, 2.75) is 46.0 Å². The fraction of sp³-hybridized carbons (Fsp3) is 0.500. The molecule has 1 aromatic rings. The first-order valence-electron chi connectivity index (χ1n) is 11.7. The number of rotatable bonds is 3. The van der Waals surface area contributed by atoms with Gasteiger partial charge in [-0.3, -0.25) is 9.59 Å². The highest BCUT2D eigenvalue weighted by Crippen LogP contribution is 2.64. The van der Waals surface area contributed by atoms with E-state index in [1.807, 2.05) is 30.4 Å². The number of carbonyl (C=O) groups is 2. The van der Waals surface area contributed by atoms with Crippen molar-refractivity contribution in [2.24, 2.45) is 28.6 Å². The van der Waals surface area contributed by atoms with Crippen LogP contribution in [-0.4, -0.2) is 25.8 Å². The van der Waals surface area contributed by atoms with Crippen molar-refractivity contribution in [1.29, 1.82) is 0 Å². The minimum Gasteiger partial charge on any atom is -0.497 e. The molecular formula is C28H32O4. The molecule has 4 aliphatic carbocycles. The molecule has 0 unspecified atom stereocenters. The molecule has 4 heteroatoms. The van der Waals surface area contributed by atoms with E-state index in [0.29, 0.717) is 23.5 Å². The number of fused-ring (bicyclic) bond motifs is 5. The number of hydrogen-bond acceptors (Lipinski definition) is 4. The second-order valence-electron chi connectivity index (χ2n) is 10.4. The standard InChI is InChI=1S/C28H32O4/c1-27-11-9-20(29)15-19(27)6-8-22-23(27)10-12-28(2)24(22)14-18(26(28)30)13-17-5-7-21(31-3)16-25(17)32-4/h5,7,9,11,13,15-16,22-24H,6,8,10,12,14H2,1-4H3/t22-,23+,24+,27+,28+/m1/s1. The highest BCUT2D eigenvalue weighted by molar-refractivity contribution is 6.06. The van der Waals surface area contributed by atoms with E-state index in [9.17, 15) is 9.59 Å². The maximum Gasteiger partial charge on any atom is 0.178 e. The zero-order chi connectivity index (χ0) is 22.7. The number of carbonyl (C=O) groups excluding carboxylic acids is 2. The molecule has 0 radical (unpaired) electrons. The fourth-order valence-corrected chi connectivity index (χ4v) is 7.12. The van der Waals surface area contributed by atoms with Crippen LogP contribution in [0.15, 0.2) is 47.6 Å². The molecule has 1 aromatic carbocycles. The molecule has 0 heterocycles. The Labute approximate surface area is 190 Å². The lowest BCUT2D eigenvalue weighted by Gasteiger charge is -2.55. The summed E-state index contributed by atoms with van der Waals surface area (Å²) in [5.41, 5.74) is 2.79. The van der Waals surface area contributed by atoms with Gasteiger partial charge in [0.05, 0.1) is 14.2 Å². The van der Waals surface area contributed by atoms with Gasteiger partial charge in [0.15, 0.2) is 11.6 Å². The molecule has 32 heavy (non-hydrogen) atoms. The van der Waals surface area contributed by atoms with Crippen molar-refractivity contribution >= 4 is 17.6 Å². The second-order valence-corrected chi connectivity index (χ2v) is 10.4. The quantitative estimate of drug-likeness (QED) is 0.586. The number of allylic oxidation sites excluding steroid dienone is 5. The average molecular weight is 433 g/mol. The van der Waals surface area contributed by atoms with Crippen molar-refractivity contribution in [1.82, 2.24) is 0 Å². The number of ketones is 2. The van der Waals surface area contributed by atoms with E-state index in [-0.39, 0.29) is 16.6 Å². The Bertz CT molecular complexity index is 1080. The first-order valence-corrected chi connectivity index (χ1v) is 11.7. The number of hydrogen-bond donors (Lipinski definition) is 0. The van der Waals surface area contributed by atoms with Gasteiger partial charge in [-0.05, 0) is 85.8 Å². The summed E-state index contributed by atoms with van der Waals surface area (Å²) in [4.78, 5) is 25.6. The van der Waals surface area contributed by atoms with Crippen LogP contribution in [0.25, 0.3) is 6.08 Å². The second kappa shape index (κ2) is 7.47. The van der Waals surface area contributed by atoms with Gasteiger partial charge in [-0.25, -0.2) is 0 Å². The van der Waals surface area contributed by atoms with Crippen molar-refractivity contribution in [2.75, 3.05) is 14.2 Å². The summed E-state index contributed by atoms with van der Waals surface area (Å²) in [5.74, 6) is 3.23. The summed E-state index contributed by atoms with van der Waals surface area (Å²) >= 11 is 0. The van der Waals surface area contributed by atoms with Crippen LogP contribution in [0.4, 0.5) is 0 Å². The van der Waals surface area contributed by atoms with E-state index in [1.54, 1.807) is 20.3 Å². The maximum atomic E-state index is 13.7. The van der Waals surface area contributed by atoms with Crippen molar-refractivity contribution in [3.8, 4) is 11.5 Å². The SMILES string of the molecule is COc1ccc(C=C2C[C@H]3[C@@H]4CCC5=CC(=O)C=C[C@]5(C)[C@H]4CC[C@]3(C)C2=O)c(OC)c1. The molecule has 4 aliphatic rings. The van der Waals surface area contributed by atoms with E-state index in [0.717, 1.165) is 54.7 Å². The molecule has 0 bridgehead atoms. The number of benzene rings is 1. The fourth-order valence-electron chi connectivity index (χ4n) is 7.12. The lowest BCUT2D eigenvalue weighted by molar-refractivity contribution is -0.129. The maximum absolute atomic E-state index is 13.7. The summed E-state index contributed by atoms with van der Waals surface area (Å²) in [6.07, 6.45) is 12.6. The molecule has 0 spiro atoms. The Morgan fingerprint density at radius 3 is 2.62 bits per heavy atom. The molecule has 0 aliphatic heterocycles. The molecule has 0 aromatic heterocycles. The molecule has 5 rings (SSSR count). The molecule has 3 saturated carbocycles.